The van der Waals surface area contributed by atoms with E-state index < -0.39 is 5.97 Å². The molecule has 2 unspecified atom stereocenters. The second-order valence-electron chi connectivity index (χ2n) is 3.88. The molecule has 1 aliphatic carbocycles. The van der Waals surface area contributed by atoms with E-state index in [0.29, 0.717) is 0 Å². The lowest BCUT2D eigenvalue weighted by molar-refractivity contribution is -0.138. The molecular weight excluding hydrogens is 176 g/mol. The quantitative estimate of drug-likeness (QED) is 0.794. The first-order valence-electron chi connectivity index (χ1n) is 5.04. The molecule has 0 radical (unpaired) electrons. The van der Waals surface area contributed by atoms with E-state index in [1.165, 1.54) is 11.1 Å². The summed E-state index contributed by atoms with van der Waals surface area (Å²) in [4.78, 5) is 10.7. The Bertz CT molecular complexity index is 340. The fourth-order valence-corrected chi connectivity index (χ4v) is 1.84. The monoisotopic (exact) mass is 190 g/mol. The third-order valence-corrected chi connectivity index (χ3v) is 2.92. The van der Waals surface area contributed by atoms with E-state index in [2.05, 4.69) is 31.2 Å². The Kier molecular flexibility index (Phi) is 2.28. The summed E-state index contributed by atoms with van der Waals surface area (Å²) in [7, 11) is 0. The molecule has 74 valence electrons. The topological polar surface area (TPSA) is 37.3 Å². The van der Waals surface area contributed by atoms with E-state index in [1.807, 2.05) is 0 Å². The fourth-order valence-electron chi connectivity index (χ4n) is 1.84. The summed E-state index contributed by atoms with van der Waals surface area (Å²) in [5, 5.41) is 8.79. The van der Waals surface area contributed by atoms with Crippen LogP contribution in [0, 0.1) is 5.92 Å². The second-order valence-corrected chi connectivity index (χ2v) is 3.88. The standard InChI is InChI=1S/C12H14O2/c1-2-8-3-5-9(6-4-8)10-7-11(10)12(13)14/h3-6,10-11H,2,7H2,1H3,(H,13,14). The number of aliphatic carboxylic acids is 1. The Morgan fingerprint density at radius 3 is 2.50 bits per heavy atom. The molecule has 1 aromatic carbocycles. The van der Waals surface area contributed by atoms with Gasteiger partial charge >= 0.3 is 5.97 Å². The van der Waals surface area contributed by atoms with Crippen LogP contribution in [-0.4, -0.2) is 11.1 Å². The van der Waals surface area contributed by atoms with Gasteiger partial charge in [-0.15, -0.1) is 0 Å². The van der Waals surface area contributed by atoms with Crippen molar-refractivity contribution >= 4 is 5.97 Å². The van der Waals surface area contributed by atoms with Gasteiger partial charge in [0.15, 0.2) is 0 Å². The molecule has 2 nitrogen and oxygen atoms in total. The third kappa shape index (κ3) is 1.65. The van der Waals surface area contributed by atoms with Crippen molar-refractivity contribution in [3.05, 3.63) is 35.4 Å². The summed E-state index contributed by atoms with van der Waals surface area (Å²) < 4.78 is 0. The predicted octanol–water partition coefficient (Wildman–Crippen LogP) is 2.44. The molecule has 0 aliphatic heterocycles. The number of hydrogen-bond acceptors (Lipinski definition) is 1. The predicted molar refractivity (Wildman–Crippen MR) is 54.3 cm³/mol. The Morgan fingerprint density at radius 2 is 2.07 bits per heavy atom. The number of carboxylic acids is 1. The van der Waals surface area contributed by atoms with Crippen molar-refractivity contribution in [2.24, 2.45) is 5.92 Å². The van der Waals surface area contributed by atoms with Crippen LogP contribution in [0.3, 0.4) is 0 Å². The van der Waals surface area contributed by atoms with Crippen LogP contribution < -0.4 is 0 Å². The molecule has 14 heavy (non-hydrogen) atoms. The Morgan fingerprint density at radius 1 is 1.43 bits per heavy atom. The van der Waals surface area contributed by atoms with E-state index in [0.717, 1.165) is 12.8 Å². The van der Waals surface area contributed by atoms with Crippen molar-refractivity contribution in [2.75, 3.05) is 0 Å². The lowest BCUT2D eigenvalue weighted by Crippen LogP contribution is -1.98. The van der Waals surface area contributed by atoms with Gasteiger partial charge in [0.1, 0.15) is 0 Å². The second kappa shape index (κ2) is 3.45. The van der Waals surface area contributed by atoms with E-state index in [-0.39, 0.29) is 11.8 Å². The highest BCUT2D eigenvalue weighted by molar-refractivity contribution is 5.75. The van der Waals surface area contributed by atoms with Crippen LogP contribution in [0.15, 0.2) is 24.3 Å². The molecule has 0 amide bonds. The zero-order valence-electron chi connectivity index (χ0n) is 8.23. The van der Waals surface area contributed by atoms with Crippen molar-refractivity contribution in [1.29, 1.82) is 0 Å². The van der Waals surface area contributed by atoms with E-state index >= 15 is 0 Å². The average molecular weight is 190 g/mol. The fraction of sp³-hybridized carbons (Fsp3) is 0.417. The highest BCUT2D eigenvalue weighted by Crippen LogP contribution is 2.47. The number of carbonyl (C=O) groups is 1. The van der Waals surface area contributed by atoms with Crippen molar-refractivity contribution in [3.8, 4) is 0 Å². The van der Waals surface area contributed by atoms with E-state index in [1.54, 1.807) is 0 Å². The van der Waals surface area contributed by atoms with Gasteiger partial charge in [-0.05, 0) is 29.9 Å². The van der Waals surface area contributed by atoms with Crippen LogP contribution in [0.25, 0.3) is 0 Å². The largest absolute Gasteiger partial charge is 0.481 e. The molecule has 2 rings (SSSR count). The van der Waals surface area contributed by atoms with Crippen molar-refractivity contribution < 1.29 is 9.90 Å². The van der Waals surface area contributed by atoms with Gasteiger partial charge in [-0.1, -0.05) is 31.2 Å². The van der Waals surface area contributed by atoms with Crippen LogP contribution >= 0.6 is 0 Å². The number of hydrogen-bond donors (Lipinski definition) is 1. The molecule has 1 aliphatic rings. The van der Waals surface area contributed by atoms with Crippen molar-refractivity contribution in [3.63, 3.8) is 0 Å². The van der Waals surface area contributed by atoms with Crippen LogP contribution in [0.4, 0.5) is 0 Å². The molecule has 2 heteroatoms. The molecule has 0 aromatic heterocycles. The van der Waals surface area contributed by atoms with Crippen LogP contribution in [0.2, 0.25) is 0 Å². The lowest BCUT2D eigenvalue weighted by atomic mass is 10.1. The molecule has 1 fully saturated rings. The smallest absolute Gasteiger partial charge is 0.307 e. The number of benzene rings is 1. The molecule has 1 saturated carbocycles. The van der Waals surface area contributed by atoms with Crippen LogP contribution in [0.1, 0.15) is 30.4 Å². The summed E-state index contributed by atoms with van der Waals surface area (Å²) in [6.45, 7) is 2.12. The van der Waals surface area contributed by atoms with Crippen LogP contribution in [-0.2, 0) is 11.2 Å². The lowest BCUT2D eigenvalue weighted by Gasteiger charge is -2.00. The highest BCUT2D eigenvalue weighted by atomic mass is 16.4. The minimum atomic E-state index is -0.658. The summed E-state index contributed by atoms with van der Waals surface area (Å²) in [5.74, 6) is -0.532. The summed E-state index contributed by atoms with van der Waals surface area (Å²) >= 11 is 0. The molecule has 2 atom stereocenters. The van der Waals surface area contributed by atoms with Crippen molar-refractivity contribution in [1.82, 2.24) is 0 Å². The maximum atomic E-state index is 10.7. The molecule has 0 bridgehead atoms. The first kappa shape index (κ1) is 9.25. The molecule has 1 aromatic rings. The molecule has 0 saturated heterocycles. The van der Waals surface area contributed by atoms with Gasteiger partial charge in [-0.3, -0.25) is 4.79 Å². The Hall–Kier alpha value is -1.31. The minimum absolute atomic E-state index is 0.137. The van der Waals surface area contributed by atoms with Crippen molar-refractivity contribution in [2.45, 2.75) is 25.7 Å². The van der Waals surface area contributed by atoms with Gasteiger partial charge in [-0.25, -0.2) is 0 Å². The summed E-state index contributed by atoms with van der Waals surface area (Å²) in [6.07, 6.45) is 1.84. The molecule has 0 spiro atoms. The Labute approximate surface area is 83.6 Å². The van der Waals surface area contributed by atoms with Gasteiger partial charge in [0, 0.05) is 0 Å². The maximum absolute atomic E-state index is 10.7. The third-order valence-electron chi connectivity index (χ3n) is 2.92. The van der Waals surface area contributed by atoms with E-state index in [4.69, 9.17) is 5.11 Å². The zero-order chi connectivity index (χ0) is 10.1. The van der Waals surface area contributed by atoms with Gasteiger partial charge < -0.3 is 5.11 Å². The Balaban J connectivity index is 2.08. The van der Waals surface area contributed by atoms with Gasteiger partial charge in [0.05, 0.1) is 5.92 Å². The normalized spacial score (nSPS) is 24.6. The molecule has 1 N–H and O–H groups in total. The first-order chi connectivity index (χ1) is 6.72. The first-order valence-corrected chi connectivity index (χ1v) is 5.04. The van der Waals surface area contributed by atoms with Gasteiger partial charge in [0.25, 0.3) is 0 Å². The highest BCUT2D eigenvalue weighted by Gasteiger charge is 2.43. The SMILES string of the molecule is CCc1ccc(C2CC2C(=O)O)cc1. The van der Waals surface area contributed by atoms with Gasteiger partial charge in [0.2, 0.25) is 0 Å². The van der Waals surface area contributed by atoms with Gasteiger partial charge in [-0.2, -0.15) is 0 Å². The maximum Gasteiger partial charge on any atom is 0.307 e. The molecule has 0 heterocycles. The number of rotatable bonds is 3. The van der Waals surface area contributed by atoms with Crippen LogP contribution in [0.5, 0.6) is 0 Å². The summed E-state index contributed by atoms with van der Waals surface area (Å²) in [5.41, 5.74) is 2.48. The number of aryl methyl sites for hydroxylation is 1. The average Bonchev–Trinajstić information content (AvgIpc) is 2.97. The van der Waals surface area contributed by atoms with E-state index in [9.17, 15) is 4.79 Å². The molecular formula is C12H14O2. The number of carboxylic acid groups (broad SMARTS) is 1. The zero-order valence-corrected chi connectivity index (χ0v) is 8.23. The summed E-state index contributed by atoms with van der Waals surface area (Å²) in [6, 6.07) is 8.30. The minimum Gasteiger partial charge on any atom is -0.481 e.